The largest absolute Gasteiger partial charge is 0.377 e. The third-order valence-corrected chi connectivity index (χ3v) is 4.26. The fraction of sp³-hybridized carbons (Fsp3) is 0.250. The Morgan fingerprint density at radius 2 is 1.79 bits per heavy atom. The molecule has 0 spiro atoms. The zero-order valence-corrected chi connectivity index (χ0v) is 13.0. The van der Waals surface area contributed by atoms with Crippen LogP contribution in [0.5, 0.6) is 0 Å². The van der Waals surface area contributed by atoms with Gasteiger partial charge >= 0.3 is 0 Å². The lowest BCUT2D eigenvalue weighted by Gasteiger charge is -2.18. The Labute approximate surface area is 124 Å². The summed E-state index contributed by atoms with van der Waals surface area (Å²) < 4.78 is 0. The normalized spacial score (nSPS) is 12.2. The maximum atomic E-state index is 6.24. The van der Waals surface area contributed by atoms with Crippen LogP contribution in [0.25, 0.3) is 0 Å². The standard InChI is InChI=1S/C16H18ClNS/c1-11-5-4-6-15(17)16(11)18-12(2)13-7-9-14(19-3)10-8-13/h4-10,12,18H,1-3H3. The van der Waals surface area contributed by atoms with E-state index in [0.717, 1.165) is 10.7 Å². The first-order valence-corrected chi connectivity index (χ1v) is 7.87. The van der Waals surface area contributed by atoms with Crippen molar-refractivity contribution in [3.05, 3.63) is 58.6 Å². The van der Waals surface area contributed by atoms with Gasteiger partial charge in [-0.1, -0.05) is 35.9 Å². The Balaban J connectivity index is 2.18. The molecule has 0 heterocycles. The summed E-state index contributed by atoms with van der Waals surface area (Å²) in [7, 11) is 0. The van der Waals surface area contributed by atoms with Crippen molar-refractivity contribution in [1.29, 1.82) is 0 Å². The average Bonchev–Trinajstić information content (AvgIpc) is 2.43. The number of hydrogen-bond acceptors (Lipinski definition) is 2. The van der Waals surface area contributed by atoms with Crippen molar-refractivity contribution in [2.45, 2.75) is 24.8 Å². The molecule has 0 aliphatic heterocycles. The van der Waals surface area contributed by atoms with Gasteiger partial charge in [-0.25, -0.2) is 0 Å². The van der Waals surface area contributed by atoms with E-state index in [1.165, 1.54) is 16.0 Å². The molecule has 1 nitrogen and oxygen atoms in total. The van der Waals surface area contributed by atoms with Gasteiger partial charge in [0.15, 0.2) is 0 Å². The molecule has 2 aromatic rings. The van der Waals surface area contributed by atoms with Gasteiger partial charge in [0.05, 0.1) is 10.7 Å². The monoisotopic (exact) mass is 291 g/mol. The number of nitrogens with one attached hydrogen (secondary N) is 1. The van der Waals surface area contributed by atoms with Crippen LogP contribution in [0.15, 0.2) is 47.4 Å². The molecule has 0 aromatic heterocycles. The molecule has 19 heavy (non-hydrogen) atoms. The Hall–Kier alpha value is -1.12. The van der Waals surface area contributed by atoms with Crippen LogP contribution in [0.3, 0.4) is 0 Å². The molecule has 0 aliphatic carbocycles. The highest BCUT2D eigenvalue weighted by atomic mass is 35.5. The molecule has 100 valence electrons. The molecule has 0 fully saturated rings. The molecule has 3 heteroatoms. The van der Waals surface area contributed by atoms with Crippen LogP contribution >= 0.6 is 23.4 Å². The van der Waals surface area contributed by atoms with E-state index < -0.39 is 0 Å². The molecule has 0 aliphatic rings. The average molecular weight is 292 g/mol. The van der Waals surface area contributed by atoms with Crippen LogP contribution in [0, 0.1) is 6.92 Å². The molecular weight excluding hydrogens is 274 g/mol. The summed E-state index contributed by atoms with van der Waals surface area (Å²) in [5.41, 5.74) is 3.45. The van der Waals surface area contributed by atoms with E-state index in [2.05, 4.69) is 55.8 Å². The minimum atomic E-state index is 0.231. The molecule has 1 N–H and O–H groups in total. The van der Waals surface area contributed by atoms with Gasteiger partial charge in [0, 0.05) is 10.9 Å². The molecule has 1 unspecified atom stereocenters. The second-order valence-electron chi connectivity index (χ2n) is 4.57. The van der Waals surface area contributed by atoms with E-state index in [1.807, 2.05) is 12.1 Å². The summed E-state index contributed by atoms with van der Waals surface area (Å²) in [6.07, 6.45) is 2.09. The Bertz CT molecular complexity index is 531. The van der Waals surface area contributed by atoms with Crippen LogP contribution < -0.4 is 5.32 Å². The lowest BCUT2D eigenvalue weighted by atomic mass is 10.1. The van der Waals surface area contributed by atoms with Crippen LogP contribution in [0.1, 0.15) is 24.1 Å². The van der Waals surface area contributed by atoms with Gasteiger partial charge in [0.1, 0.15) is 0 Å². The molecule has 2 rings (SSSR count). The second kappa shape index (κ2) is 6.36. The molecule has 0 saturated carbocycles. The van der Waals surface area contributed by atoms with Crippen LogP contribution in [-0.4, -0.2) is 6.26 Å². The van der Waals surface area contributed by atoms with Crippen molar-refractivity contribution in [1.82, 2.24) is 0 Å². The fourth-order valence-electron chi connectivity index (χ4n) is 2.01. The number of para-hydroxylation sites is 1. The number of thioether (sulfide) groups is 1. The first-order chi connectivity index (χ1) is 9.11. The summed E-state index contributed by atoms with van der Waals surface area (Å²) >= 11 is 8.00. The predicted octanol–water partition coefficient (Wildman–Crippen LogP) is 5.54. The van der Waals surface area contributed by atoms with Crippen LogP contribution in [-0.2, 0) is 0 Å². The van der Waals surface area contributed by atoms with Gasteiger partial charge in [0.2, 0.25) is 0 Å². The van der Waals surface area contributed by atoms with Crippen molar-refractivity contribution in [2.24, 2.45) is 0 Å². The van der Waals surface area contributed by atoms with E-state index >= 15 is 0 Å². The summed E-state index contributed by atoms with van der Waals surface area (Å²) in [5, 5.41) is 4.26. The number of rotatable bonds is 4. The van der Waals surface area contributed by atoms with E-state index in [1.54, 1.807) is 11.8 Å². The molecule has 0 amide bonds. The highest BCUT2D eigenvalue weighted by Gasteiger charge is 2.09. The van der Waals surface area contributed by atoms with Gasteiger partial charge in [0.25, 0.3) is 0 Å². The van der Waals surface area contributed by atoms with Gasteiger partial charge < -0.3 is 5.32 Å². The molecule has 2 aromatic carbocycles. The zero-order chi connectivity index (χ0) is 13.8. The number of hydrogen-bond donors (Lipinski definition) is 1. The third kappa shape index (κ3) is 3.46. The number of anilines is 1. The highest BCUT2D eigenvalue weighted by molar-refractivity contribution is 7.98. The lowest BCUT2D eigenvalue weighted by Crippen LogP contribution is -2.08. The molecule has 0 saturated heterocycles. The second-order valence-corrected chi connectivity index (χ2v) is 5.86. The summed E-state index contributed by atoms with van der Waals surface area (Å²) in [6.45, 7) is 4.22. The third-order valence-electron chi connectivity index (χ3n) is 3.20. The maximum Gasteiger partial charge on any atom is 0.0640 e. The number of benzene rings is 2. The summed E-state index contributed by atoms with van der Waals surface area (Å²) in [6, 6.07) is 14.8. The number of halogens is 1. The van der Waals surface area contributed by atoms with E-state index in [-0.39, 0.29) is 6.04 Å². The molecule has 0 bridgehead atoms. The Morgan fingerprint density at radius 1 is 1.11 bits per heavy atom. The highest BCUT2D eigenvalue weighted by Crippen LogP contribution is 2.29. The van der Waals surface area contributed by atoms with Crippen LogP contribution in [0.4, 0.5) is 5.69 Å². The summed E-state index contributed by atoms with van der Waals surface area (Å²) in [5.74, 6) is 0. The minimum Gasteiger partial charge on any atom is -0.377 e. The lowest BCUT2D eigenvalue weighted by molar-refractivity contribution is 0.880. The van der Waals surface area contributed by atoms with Gasteiger partial charge in [-0.15, -0.1) is 11.8 Å². The summed E-state index contributed by atoms with van der Waals surface area (Å²) in [4.78, 5) is 1.28. The topological polar surface area (TPSA) is 12.0 Å². The van der Waals surface area contributed by atoms with Crippen molar-refractivity contribution < 1.29 is 0 Å². The maximum absolute atomic E-state index is 6.24. The van der Waals surface area contributed by atoms with E-state index in [4.69, 9.17) is 11.6 Å². The van der Waals surface area contributed by atoms with Crippen molar-refractivity contribution in [2.75, 3.05) is 11.6 Å². The Morgan fingerprint density at radius 3 is 2.37 bits per heavy atom. The number of aryl methyl sites for hydroxylation is 1. The van der Waals surface area contributed by atoms with Gasteiger partial charge in [-0.05, 0) is 49.4 Å². The Kier molecular flexibility index (Phi) is 4.78. The first kappa shape index (κ1) is 14.3. The minimum absolute atomic E-state index is 0.231. The molecule has 0 radical (unpaired) electrons. The first-order valence-electron chi connectivity index (χ1n) is 6.27. The van der Waals surface area contributed by atoms with E-state index in [0.29, 0.717) is 0 Å². The molecular formula is C16H18ClNS. The zero-order valence-electron chi connectivity index (χ0n) is 11.4. The smallest absolute Gasteiger partial charge is 0.0640 e. The van der Waals surface area contributed by atoms with Crippen LogP contribution in [0.2, 0.25) is 5.02 Å². The predicted molar refractivity (Wildman–Crippen MR) is 86.4 cm³/mol. The van der Waals surface area contributed by atoms with Crippen molar-refractivity contribution in [3.8, 4) is 0 Å². The SMILES string of the molecule is CSc1ccc(C(C)Nc2c(C)cccc2Cl)cc1. The quantitative estimate of drug-likeness (QED) is 0.742. The van der Waals surface area contributed by atoms with E-state index in [9.17, 15) is 0 Å². The van der Waals surface area contributed by atoms with Crippen molar-refractivity contribution >= 4 is 29.1 Å². The van der Waals surface area contributed by atoms with Gasteiger partial charge in [-0.3, -0.25) is 0 Å². The fourth-order valence-corrected chi connectivity index (χ4v) is 2.69. The molecule has 1 atom stereocenters. The van der Waals surface area contributed by atoms with Gasteiger partial charge in [-0.2, -0.15) is 0 Å². The van der Waals surface area contributed by atoms with Crippen molar-refractivity contribution in [3.63, 3.8) is 0 Å².